The topological polar surface area (TPSA) is 104 Å². The van der Waals surface area contributed by atoms with Crippen LogP contribution in [0.3, 0.4) is 0 Å². The van der Waals surface area contributed by atoms with Crippen LogP contribution in [0, 0.1) is 6.92 Å². The van der Waals surface area contributed by atoms with Gasteiger partial charge in [0.05, 0.1) is 17.9 Å². The summed E-state index contributed by atoms with van der Waals surface area (Å²) in [6, 6.07) is 15.1. The highest BCUT2D eigenvalue weighted by Crippen LogP contribution is 2.36. The predicted octanol–water partition coefficient (Wildman–Crippen LogP) is 3.63. The van der Waals surface area contributed by atoms with E-state index in [1.165, 1.54) is 11.3 Å². The van der Waals surface area contributed by atoms with E-state index < -0.39 is 5.60 Å². The molecule has 0 bridgehead atoms. The number of thiazole rings is 1. The summed E-state index contributed by atoms with van der Waals surface area (Å²) in [7, 11) is 1.71. The summed E-state index contributed by atoms with van der Waals surface area (Å²) in [6.07, 6.45) is 2.08. The Morgan fingerprint density at radius 1 is 1.12 bits per heavy atom. The predicted molar refractivity (Wildman–Crippen MR) is 131 cm³/mol. The second kappa shape index (κ2) is 8.92. The van der Waals surface area contributed by atoms with Crippen LogP contribution in [0.4, 0.5) is 5.95 Å². The number of aromatic nitrogens is 4. The first-order chi connectivity index (χ1) is 16.4. The van der Waals surface area contributed by atoms with Crippen molar-refractivity contribution in [2.45, 2.75) is 25.5 Å². The Balaban J connectivity index is 1.36. The van der Waals surface area contributed by atoms with Crippen LogP contribution in [-0.4, -0.2) is 49.4 Å². The van der Waals surface area contributed by atoms with Crippen molar-refractivity contribution in [1.82, 2.24) is 24.8 Å². The molecule has 1 amide bonds. The smallest absolute Gasteiger partial charge is 0.258 e. The largest absolute Gasteiger partial charge is 0.375 e. The Morgan fingerprint density at radius 2 is 1.97 bits per heavy atom. The molecule has 8 nitrogen and oxygen atoms in total. The molecule has 1 aromatic carbocycles. The zero-order valence-electron chi connectivity index (χ0n) is 18.9. The van der Waals surface area contributed by atoms with Crippen molar-refractivity contribution >= 4 is 23.2 Å². The number of carbonyl (C=O) groups is 1. The summed E-state index contributed by atoms with van der Waals surface area (Å²) in [5.74, 6) is 0.231. The zero-order chi connectivity index (χ0) is 23.7. The van der Waals surface area contributed by atoms with Crippen LogP contribution >= 0.6 is 11.3 Å². The number of benzene rings is 1. The average Bonchev–Trinajstić information content (AvgIpc) is 3.45. The van der Waals surface area contributed by atoms with Gasteiger partial charge in [0, 0.05) is 42.8 Å². The number of pyridine rings is 1. The van der Waals surface area contributed by atoms with Crippen molar-refractivity contribution in [1.29, 1.82) is 0 Å². The number of aryl methyl sites for hydroxylation is 1. The molecular weight excluding hydrogens is 448 g/mol. The summed E-state index contributed by atoms with van der Waals surface area (Å²) < 4.78 is 0. The van der Waals surface area contributed by atoms with Gasteiger partial charge in [-0.1, -0.05) is 24.3 Å². The highest BCUT2D eigenvalue weighted by atomic mass is 32.1. The Morgan fingerprint density at radius 3 is 2.76 bits per heavy atom. The van der Waals surface area contributed by atoms with Crippen LogP contribution in [0.5, 0.6) is 0 Å². The van der Waals surface area contributed by atoms with Crippen molar-refractivity contribution in [3.8, 4) is 22.0 Å². The lowest BCUT2D eigenvalue weighted by atomic mass is 9.91. The first kappa shape index (κ1) is 22.1. The number of aliphatic hydroxyl groups is 1. The molecule has 4 heterocycles. The first-order valence-corrected chi connectivity index (χ1v) is 11.8. The molecule has 172 valence electrons. The van der Waals surface area contributed by atoms with E-state index in [0.29, 0.717) is 36.7 Å². The number of nitrogens with zero attached hydrogens (tertiary/aromatic N) is 5. The monoisotopic (exact) mass is 472 g/mol. The minimum absolute atomic E-state index is 0.272. The third-order valence-electron chi connectivity index (χ3n) is 5.89. The molecule has 0 radical (unpaired) electrons. The SMILES string of the molecule is Cc1cccc(CNc2nccc(-c3csc(-c4cccc(C5(O)CCN(C)C5=O)c4)n3)n2)n1. The molecule has 9 heteroatoms. The number of rotatable bonds is 6. The van der Waals surface area contributed by atoms with Gasteiger partial charge in [0.25, 0.3) is 5.91 Å². The van der Waals surface area contributed by atoms with Crippen LogP contribution < -0.4 is 5.32 Å². The van der Waals surface area contributed by atoms with E-state index in [4.69, 9.17) is 4.98 Å². The molecule has 2 N–H and O–H groups in total. The second-order valence-electron chi connectivity index (χ2n) is 8.35. The molecule has 0 saturated carbocycles. The Hall–Kier alpha value is -3.69. The highest BCUT2D eigenvalue weighted by Gasteiger charge is 2.45. The van der Waals surface area contributed by atoms with Crippen molar-refractivity contribution in [3.05, 3.63) is 77.1 Å². The first-order valence-electron chi connectivity index (χ1n) is 11.0. The van der Waals surface area contributed by atoms with Crippen molar-refractivity contribution < 1.29 is 9.90 Å². The van der Waals surface area contributed by atoms with Gasteiger partial charge in [0.1, 0.15) is 10.7 Å². The molecule has 5 rings (SSSR count). The molecule has 3 aromatic heterocycles. The number of amides is 1. The van der Waals surface area contributed by atoms with E-state index in [2.05, 4.69) is 20.3 Å². The summed E-state index contributed by atoms with van der Waals surface area (Å²) in [6.45, 7) is 3.02. The highest BCUT2D eigenvalue weighted by molar-refractivity contribution is 7.13. The Bertz CT molecular complexity index is 1360. The third kappa shape index (κ3) is 4.27. The van der Waals surface area contributed by atoms with E-state index in [0.717, 1.165) is 27.7 Å². The maximum atomic E-state index is 12.5. The second-order valence-corrected chi connectivity index (χ2v) is 9.20. The Kier molecular flexibility index (Phi) is 5.80. The Labute approximate surface area is 201 Å². The number of hydrogen-bond donors (Lipinski definition) is 2. The lowest BCUT2D eigenvalue weighted by Crippen LogP contribution is -2.36. The summed E-state index contributed by atoms with van der Waals surface area (Å²) in [4.78, 5) is 32.2. The van der Waals surface area contributed by atoms with Crippen molar-refractivity contribution in [2.24, 2.45) is 0 Å². The van der Waals surface area contributed by atoms with Gasteiger partial charge in [-0.05, 0) is 36.8 Å². The number of anilines is 1. The number of likely N-dealkylation sites (tertiary alicyclic amines) is 1. The van der Waals surface area contributed by atoms with E-state index in [9.17, 15) is 9.90 Å². The minimum Gasteiger partial charge on any atom is -0.375 e. The van der Waals surface area contributed by atoms with Crippen LogP contribution in [0.1, 0.15) is 23.4 Å². The molecule has 0 spiro atoms. The van der Waals surface area contributed by atoms with Crippen LogP contribution in [0.25, 0.3) is 22.0 Å². The molecule has 1 saturated heterocycles. The quantitative estimate of drug-likeness (QED) is 0.442. The normalized spacial score (nSPS) is 17.9. The van der Waals surface area contributed by atoms with E-state index in [1.54, 1.807) is 24.2 Å². The van der Waals surface area contributed by atoms with Crippen molar-refractivity contribution in [2.75, 3.05) is 18.9 Å². The molecule has 1 fully saturated rings. The van der Waals surface area contributed by atoms with Gasteiger partial charge in [-0.15, -0.1) is 11.3 Å². The maximum absolute atomic E-state index is 12.5. The van der Waals surface area contributed by atoms with Crippen LogP contribution in [0.2, 0.25) is 0 Å². The van der Waals surface area contributed by atoms with Gasteiger partial charge in [-0.2, -0.15) is 0 Å². The van der Waals surface area contributed by atoms with E-state index in [-0.39, 0.29) is 5.91 Å². The number of nitrogens with one attached hydrogen (secondary N) is 1. The van der Waals surface area contributed by atoms with Gasteiger partial charge in [-0.3, -0.25) is 9.78 Å². The summed E-state index contributed by atoms with van der Waals surface area (Å²) in [5, 5.41) is 16.9. The molecule has 4 aromatic rings. The lowest BCUT2D eigenvalue weighted by Gasteiger charge is -2.21. The molecule has 34 heavy (non-hydrogen) atoms. The van der Waals surface area contributed by atoms with Gasteiger partial charge < -0.3 is 15.3 Å². The van der Waals surface area contributed by atoms with Gasteiger partial charge >= 0.3 is 0 Å². The fraction of sp³-hybridized carbons (Fsp3) is 0.240. The van der Waals surface area contributed by atoms with Gasteiger partial charge in [-0.25, -0.2) is 15.0 Å². The average molecular weight is 473 g/mol. The molecule has 1 aliphatic heterocycles. The summed E-state index contributed by atoms with van der Waals surface area (Å²) in [5.41, 5.74) is 3.28. The number of likely N-dealkylation sites (N-methyl/N-ethyl adjacent to an activating group) is 1. The third-order valence-corrected chi connectivity index (χ3v) is 6.78. The maximum Gasteiger partial charge on any atom is 0.258 e. The van der Waals surface area contributed by atoms with Gasteiger partial charge in [0.2, 0.25) is 5.95 Å². The fourth-order valence-corrected chi connectivity index (χ4v) is 4.82. The fourth-order valence-electron chi connectivity index (χ4n) is 4.01. The molecular formula is C25H24N6O2S. The zero-order valence-corrected chi connectivity index (χ0v) is 19.7. The number of carbonyl (C=O) groups excluding carboxylic acids is 1. The van der Waals surface area contributed by atoms with Crippen LogP contribution in [-0.2, 0) is 16.9 Å². The van der Waals surface area contributed by atoms with E-state index >= 15 is 0 Å². The number of hydrogen-bond acceptors (Lipinski definition) is 8. The summed E-state index contributed by atoms with van der Waals surface area (Å²) >= 11 is 1.49. The van der Waals surface area contributed by atoms with Crippen LogP contribution in [0.15, 0.2) is 60.1 Å². The van der Waals surface area contributed by atoms with Gasteiger partial charge in [0.15, 0.2) is 5.60 Å². The van der Waals surface area contributed by atoms with E-state index in [1.807, 2.05) is 54.8 Å². The minimum atomic E-state index is -1.48. The van der Waals surface area contributed by atoms with Crippen molar-refractivity contribution in [3.63, 3.8) is 0 Å². The molecule has 1 atom stereocenters. The standard InChI is InChI=1S/C25H24N6O2S/c1-16-5-3-8-19(28-16)14-27-24-26-11-9-20(30-24)21-15-34-22(29-21)17-6-4-7-18(13-17)25(33)10-12-31(2)23(25)32/h3-9,11,13,15,33H,10,12,14H2,1-2H3,(H,26,27,30). The molecule has 1 aliphatic rings. The lowest BCUT2D eigenvalue weighted by molar-refractivity contribution is -0.143. The molecule has 1 unspecified atom stereocenters. The molecule has 0 aliphatic carbocycles.